The number of hydrogen-bond donors (Lipinski definition) is 0. The molecule has 0 nitrogen and oxygen atoms in total. The van der Waals surface area contributed by atoms with Crippen LogP contribution in [0.1, 0.15) is 0 Å². The molecule has 0 aliphatic rings. The van der Waals surface area contributed by atoms with E-state index in [9.17, 15) is 8.22 Å². The van der Waals surface area contributed by atoms with Crippen LogP contribution in [0.15, 0.2) is 0 Å². The van der Waals surface area contributed by atoms with Crippen molar-refractivity contribution in [2.45, 2.75) is 0 Å². The summed E-state index contributed by atoms with van der Waals surface area (Å²) in [6, 6.07) is 0. The van der Waals surface area contributed by atoms with Crippen LogP contribution in [0.5, 0.6) is 0 Å². The molecular weight excluding hydrogens is 80.0 g/mol. The summed E-state index contributed by atoms with van der Waals surface area (Å²) in [6.45, 7) is 0. The minimum atomic E-state index is -1.92. The van der Waals surface area contributed by atoms with E-state index in [1.54, 1.807) is 0 Å². The summed E-state index contributed by atoms with van der Waals surface area (Å²) in [6.07, 6.45) is 0. The monoisotopic (exact) mass is 80.0 g/mol. The maximum atomic E-state index is 9.65. The van der Waals surface area contributed by atoms with Crippen molar-refractivity contribution in [1.82, 2.24) is 0 Å². The zero-order chi connectivity index (χ0) is 2.71. The number of rotatable bonds is 0. The first kappa shape index (κ1) is 16.3. The van der Waals surface area contributed by atoms with E-state index in [0.29, 0.717) is 0 Å². The van der Waals surface area contributed by atoms with Gasteiger partial charge in [-0.15, -0.1) is 0 Å². The van der Waals surface area contributed by atoms with Crippen LogP contribution in [0, 0.1) is 0 Å². The summed E-state index contributed by atoms with van der Waals surface area (Å²) in [5.74, 6) is 0. The van der Waals surface area contributed by atoms with Gasteiger partial charge in [-0.25, -0.2) is 0 Å². The average molecular weight is 80.0 g/mol. The van der Waals surface area contributed by atoms with Gasteiger partial charge in [-0.1, -0.05) is 0 Å². The van der Waals surface area contributed by atoms with Gasteiger partial charge in [0.25, 0.3) is 0 Å². The Morgan fingerprint density at radius 3 is 1.00 bits per heavy atom. The minimum Gasteiger partial charge on any atom is -0.510 e. The Bertz CT molecular complexity index is 7.61. The van der Waals surface area contributed by atoms with E-state index in [1.165, 1.54) is 0 Å². The molecule has 19 valence electrons. The molecule has 0 rings (SSSR count). The summed E-state index contributed by atoms with van der Waals surface area (Å²) >= 11 is 0. The molecule has 0 aromatic carbocycles. The Morgan fingerprint density at radius 1 is 1.00 bits per heavy atom. The third kappa shape index (κ3) is 34.9. The first-order valence-electron chi connectivity index (χ1n) is 0.378. The molecule has 5 heteroatoms. The van der Waals surface area contributed by atoms with Crippen LogP contribution in [0.4, 0.5) is 8.22 Å². The van der Waals surface area contributed by atoms with Gasteiger partial charge in [-0.3, -0.25) is 0 Å². The zero-order valence-electron chi connectivity index (χ0n) is 3.26. The summed E-state index contributed by atoms with van der Waals surface area (Å²) in [4.78, 5) is 0. The zero-order valence-corrected chi connectivity index (χ0v) is 4.26. The molecule has 0 amide bonds. The Hall–Kier alpha value is 1.27. The number of hydrogen-bond acceptors (Lipinski definition) is 0. The van der Waals surface area contributed by atoms with E-state index in [-0.39, 0.29) is 37.7 Å². The maximum absolute atomic E-state index is 9.65. The van der Waals surface area contributed by atoms with Crippen molar-refractivity contribution in [2.75, 3.05) is 0 Å². The van der Waals surface area contributed by atoms with Crippen molar-refractivity contribution >= 4 is 10.2 Å². The molecule has 0 N–H and O–H groups in total. The van der Waals surface area contributed by atoms with Gasteiger partial charge < -0.3 is 8.22 Å². The van der Waals surface area contributed by atoms with Gasteiger partial charge in [0.1, 0.15) is 0 Å². The molecule has 0 aromatic rings. The van der Waals surface area contributed by atoms with E-state index in [1.807, 2.05) is 0 Å². The van der Waals surface area contributed by atoms with Crippen molar-refractivity contribution in [1.29, 1.82) is 0 Å². The van der Waals surface area contributed by atoms with Crippen LogP contribution in [0.25, 0.3) is 0 Å². The van der Waals surface area contributed by atoms with Gasteiger partial charge >= 0.3 is 37.7 Å². The van der Waals surface area contributed by atoms with Crippen LogP contribution in [-0.2, 0) is 0 Å². The topological polar surface area (TPSA) is 0 Å². The van der Waals surface area contributed by atoms with Gasteiger partial charge in [0.05, 0.1) is 0 Å². The SMILES string of the molecule is F[Si-]F.[Li+].[Li+]. The molecule has 0 fully saturated rings. The van der Waals surface area contributed by atoms with Gasteiger partial charge in [0.15, 0.2) is 0 Å². The quantitative estimate of drug-likeness (QED) is 0.201. The van der Waals surface area contributed by atoms with Crippen LogP contribution >= 0.6 is 0 Å². The summed E-state index contributed by atoms with van der Waals surface area (Å²) < 4.78 is 19.3. The molecule has 0 spiro atoms. The normalized spacial score (nSPS) is 3.60. The van der Waals surface area contributed by atoms with Crippen molar-refractivity contribution in [3.8, 4) is 0 Å². The van der Waals surface area contributed by atoms with E-state index >= 15 is 0 Å². The minimum absolute atomic E-state index is 0. The van der Waals surface area contributed by atoms with Crippen LogP contribution in [-0.4, -0.2) is 10.2 Å². The molecule has 0 bridgehead atoms. The molecule has 5 heavy (non-hydrogen) atoms. The molecule has 0 heterocycles. The summed E-state index contributed by atoms with van der Waals surface area (Å²) in [5, 5.41) is 0. The van der Waals surface area contributed by atoms with Crippen molar-refractivity contribution < 1.29 is 45.9 Å². The first-order valence-corrected chi connectivity index (χ1v) is 1.13. The molecule has 0 aliphatic heterocycles. The number of halogens is 2. The Morgan fingerprint density at radius 2 is 1.00 bits per heavy atom. The largest absolute Gasteiger partial charge is 1.00 e. The van der Waals surface area contributed by atoms with E-state index in [2.05, 4.69) is 0 Å². The Kier molecular flexibility index (Phi) is 60.7. The maximum Gasteiger partial charge on any atom is 1.00 e. The molecule has 0 saturated carbocycles. The molecule has 0 aromatic heterocycles. The first-order chi connectivity index (χ1) is 1.41. The molecule has 1 radical (unpaired) electrons. The summed E-state index contributed by atoms with van der Waals surface area (Å²) in [5.41, 5.74) is 0. The van der Waals surface area contributed by atoms with Crippen LogP contribution in [0.2, 0.25) is 0 Å². The predicted molar refractivity (Wildman–Crippen MR) is 7.97 cm³/mol. The Balaban J connectivity index is -0.0000000200. The molecule has 0 atom stereocenters. The fourth-order valence-electron chi connectivity index (χ4n) is 0. The van der Waals surface area contributed by atoms with Gasteiger partial charge in [0.2, 0.25) is 0 Å². The average Bonchev–Trinajstić information content (AvgIpc) is 0.918. The van der Waals surface area contributed by atoms with Crippen molar-refractivity contribution in [3.05, 3.63) is 0 Å². The second-order valence-electron chi connectivity index (χ2n) is 0.0714. The summed E-state index contributed by atoms with van der Waals surface area (Å²) in [7, 11) is -1.92. The predicted octanol–water partition coefficient (Wildman–Crippen LogP) is -5.53. The standard InChI is InChI=1S/F2Si.2Li/c1-3-2;;/q-1;2*+1. The van der Waals surface area contributed by atoms with Gasteiger partial charge in [0, 0.05) is 10.2 Å². The van der Waals surface area contributed by atoms with Crippen molar-refractivity contribution in [2.24, 2.45) is 0 Å². The van der Waals surface area contributed by atoms with Crippen LogP contribution in [0.3, 0.4) is 0 Å². The molecule has 0 unspecified atom stereocenters. The van der Waals surface area contributed by atoms with Crippen LogP contribution < -0.4 is 37.7 Å². The Labute approximate surface area is 56.2 Å². The van der Waals surface area contributed by atoms with Gasteiger partial charge in [-0.05, 0) is 0 Å². The van der Waals surface area contributed by atoms with E-state index in [0.717, 1.165) is 0 Å². The third-order valence-corrected chi connectivity index (χ3v) is 0. The fraction of sp³-hybridized carbons (Fsp3) is 0. The third-order valence-electron chi connectivity index (χ3n) is 0. The van der Waals surface area contributed by atoms with Crippen molar-refractivity contribution in [3.63, 3.8) is 0 Å². The second-order valence-corrected chi connectivity index (χ2v) is 0.214. The van der Waals surface area contributed by atoms with E-state index < -0.39 is 10.2 Å². The molecule has 0 saturated heterocycles. The fourth-order valence-corrected chi connectivity index (χ4v) is 0. The van der Waals surface area contributed by atoms with Gasteiger partial charge in [-0.2, -0.15) is 0 Å². The van der Waals surface area contributed by atoms with E-state index in [4.69, 9.17) is 0 Å². The molecular formula is F2Li2Si+. The smallest absolute Gasteiger partial charge is 0.510 e. The molecule has 0 aliphatic carbocycles. The second kappa shape index (κ2) is 18.6.